The summed E-state index contributed by atoms with van der Waals surface area (Å²) in [5.41, 5.74) is 0.943. The molecule has 0 atom stereocenters. The van der Waals surface area contributed by atoms with E-state index in [-0.39, 0.29) is 5.69 Å². The first kappa shape index (κ1) is 9.12. The summed E-state index contributed by atoms with van der Waals surface area (Å²) in [5, 5.41) is 0. The number of aryl methyl sites for hydroxylation is 1. The van der Waals surface area contributed by atoms with E-state index >= 15 is 0 Å². The van der Waals surface area contributed by atoms with Gasteiger partial charge >= 0.3 is 10.2 Å². The van der Waals surface area contributed by atoms with Crippen LogP contribution in [0.3, 0.4) is 0 Å². The average molecular weight is 189 g/mol. The minimum atomic E-state index is -4.46. The molecule has 0 bridgehead atoms. The number of hydrogen-bond acceptors (Lipinski definition) is 3. The largest absolute Gasteiger partial charge is 0.308 e. The summed E-state index contributed by atoms with van der Waals surface area (Å²) in [5.74, 6) is -0.639. The first-order chi connectivity index (χ1) is 5.49. The SMILES string of the molecule is Cc1cccnc1CS(=O)(=O)F. The molecule has 1 heterocycles. The molecule has 0 saturated carbocycles. The van der Waals surface area contributed by atoms with Crippen LogP contribution in [-0.2, 0) is 16.0 Å². The first-order valence-electron chi connectivity index (χ1n) is 3.32. The molecular weight excluding hydrogens is 181 g/mol. The molecule has 1 rings (SSSR count). The molecule has 1 aromatic rings. The van der Waals surface area contributed by atoms with Crippen molar-refractivity contribution in [2.75, 3.05) is 0 Å². The van der Waals surface area contributed by atoms with E-state index in [0.717, 1.165) is 0 Å². The fraction of sp³-hybridized carbons (Fsp3) is 0.286. The van der Waals surface area contributed by atoms with E-state index in [0.29, 0.717) is 5.56 Å². The highest BCUT2D eigenvalue weighted by molar-refractivity contribution is 7.85. The molecule has 5 heteroatoms. The lowest BCUT2D eigenvalue weighted by Crippen LogP contribution is -2.00. The van der Waals surface area contributed by atoms with Crippen molar-refractivity contribution in [2.24, 2.45) is 0 Å². The highest BCUT2D eigenvalue weighted by atomic mass is 32.3. The normalized spacial score (nSPS) is 11.5. The number of aromatic nitrogens is 1. The van der Waals surface area contributed by atoms with Gasteiger partial charge in [0.25, 0.3) is 0 Å². The van der Waals surface area contributed by atoms with E-state index in [1.54, 1.807) is 19.1 Å². The standard InChI is InChI=1S/C7H8FNO2S/c1-6-3-2-4-9-7(6)5-12(8,10)11/h2-4H,5H2,1H3. The van der Waals surface area contributed by atoms with Crippen molar-refractivity contribution in [1.29, 1.82) is 0 Å². The van der Waals surface area contributed by atoms with E-state index in [2.05, 4.69) is 4.98 Å². The van der Waals surface area contributed by atoms with Crippen LogP contribution >= 0.6 is 0 Å². The summed E-state index contributed by atoms with van der Waals surface area (Å²) < 4.78 is 32.7. The molecule has 0 aliphatic carbocycles. The summed E-state index contributed by atoms with van der Waals surface area (Å²) >= 11 is 0. The van der Waals surface area contributed by atoms with Gasteiger partial charge in [0, 0.05) is 6.20 Å². The first-order valence-corrected chi connectivity index (χ1v) is 4.87. The van der Waals surface area contributed by atoms with E-state index in [4.69, 9.17) is 0 Å². The summed E-state index contributed by atoms with van der Waals surface area (Å²) in [7, 11) is -4.46. The zero-order valence-corrected chi connectivity index (χ0v) is 7.31. The molecular formula is C7H8FNO2S. The third-order valence-corrected chi connectivity index (χ3v) is 2.05. The zero-order chi connectivity index (χ0) is 9.19. The minimum Gasteiger partial charge on any atom is -0.260 e. The fourth-order valence-corrected chi connectivity index (χ4v) is 1.46. The predicted molar refractivity (Wildman–Crippen MR) is 42.7 cm³/mol. The molecule has 66 valence electrons. The Morgan fingerprint density at radius 2 is 2.25 bits per heavy atom. The molecule has 0 amide bonds. The number of pyridine rings is 1. The third-order valence-electron chi connectivity index (χ3n) is 1.43. The van der Waals surface area contributed by atoms with Crippen molar-refractivity contribution >= 4 is 10.2 Å². The van der Waals surface area contributed by atoms with E-state index in [9.17, 15) is 12.3 Å². The molecule has 12 heavy (non-hydrogen) atoms. The second-order valence-corrected chi connectivity index (χ2v) is 3.82. The summed E-state index contributed by atoms with van der Waals surface area (Å²) in [6.07, 6.45) is 1.44. The van der Waals surface area contributed by atoms with Crippen LogP contribution in [0, 0.1) is 6.92 Å². The van der Waals surface area contributed by atoms with Crippen LogP contribution in [0.5, 0.6) is 0 Å². The Morgan fingerprint density at radius 3 is 2.75 bits per heavy atom. The van der Waals surface area contributed by atoms with Crippen LogP contribution in [0.15, 0.2) is 18.3 Å². The minimum absolute atomic E-state index is 0.264. The molecule has 0 aromatic carbocycles. The Balaban J connectivity index is 2.98. The molecule has 0 fully saturated rings. The molecule has 0 radical (unpaired) electrons. The molecule has 3 nitrogen and oxygen atoms in total. The van der Waals surface area contributed by atoms with Gasteiger partial charge in [0.05, 0.1) is 5.69 Å². The van der Waals surface area contributed by atoms with Gasteiger partial charge in [-0.15, -0.1) is 3.89 Å². The quantitative estimate of drug-likeness (QED) is 0.656. The monoisotopic (exact) mass is 189 g/mol. The van der Waals surface area contributed by atoms with Crippen molar-refractivity contribution in [3.05, 3.63) is 29.6 Å². The Kier molecular flexibility index (Phi) is 2.42. The van der Waals surface area contributed by atoms with Gasteiger partial charge < -0.3 is 0 Å². The molecule has 1 aromatic heterocycles. The van der Waals surface area contributed by atoms with Gasteiger partial charge in [0.1, 0.15) is 5.75 Å². The topological polar surface area (TPSA) is 47.0 Å². The van der Waals surface area contributed by atoms with Gasteiger partial charge in [-0.3, -0.25) is 4.98 Å². The van der Waals surface area contributed by atoms with Gasteiger partial charge in [-0.05, 0) is 18.6 Å². The molecule has 0 aliphatic heterocycles. The lowest BCUT2D eigenvalue weighted by Gasteiger charge is -1.99. The Morgan fingerprint density at radius 1 is 1.58 bits per heavy atom. The maximum absolute atomic E-state index is 12.2. The zero-order valence-electron chi connectivity index (χ0n) is 6.49. The fourth-order valence-electron chi connectivity index (χ4n) is 0.833. The lowest BCUT2D eigenvalue weighted by molar-refractivity contribution is 0.550. The Hall–Kier alpha value is -0.970. The number of halogens is 1. The lowest BCUT2D eigenvalue weighted by atomic mass is 10.2. The maximum Gasteiger partial charge on any atom is 0.308 e. The van der Waals surface area contributed by atoms with Crippen LogP contribution in [0.2, 0.25) is 0 Å². The van der Waals surface area contributed by atoms with Crippen molar-refractivity contribution in [1.82, 2.24) is 4.98 Å². The Bertz CT molecular complexity index is 375. The maximum atomic E-state index is 12.2. The average Bonchev–Trinajstić information content (AvgIpc) is 1.91. The molecule has 0 saturated heterocycles. The van der Waals surface area contributed by atoms with Crippen molar-refractivity contribution in [3.63, 3.8) is 0 Å². The predicted octanol–water partition coefficient (Wildman–Crippen LogP) is 1.19. The van der Waals surface area contributed by atoms with E-state index in [1.807, 2.05) is 0 Å². The van der Waals surface area contributed by atoms with Crippen LogP contribution in [0.4, 0.5) is 3.89 Å². The highest BCUT2D eigenvalue weighted by Gasteiger charge is 2.11. The molecule has 0 aliphatic rings. The molecule has 0 spiro atoms. The third kappa shape index (κ3) is 2.58. The van der Waals surface area contributed by atoms with Crippen LogP contribution in [-0.4, -0.2) is 13.4 Å². The van der Waals surface area contributed by atoms with Crippen molar-refractivity contribution in [2.45, 2.75) is 12.7 Å². The van der Waals surface area contributed by atoms with Crippen molar-refractivity contribution < 1.29 is 12.3 Å². The smallest absolute Gasteiger partial charge is 0.260 e. The summed E-state index contributed by atoms with van der Waals surface area (Å²) in [4.78, 5) is 3.74. The molecule has 0 N–H and O–H groups in total. The van der Waals surface area contributed by atoms with Gasteiger partial charge in [-0.2, -0.15) is 8.42 Å². The van der Waals surface area contributed by atoms with Gasteiger partial charge in [-0.25, -0.2) is 0 Å². The molecule has 0 unspecified atom stereocenters. The number of hydrogen-bond donors (Lipinski definition) is 0. The van der Waals surface area contributed by atoms with Crippen molar-refractivity contribution in [3.8, 4) is 0 Å². The van der Waals surface area contributed by atoms with Gasteiger partial charge in [0.2, 0.25) is 0 Å². The van der Waals surface area contributed by atoms with E-state index in [1.165, 1.54) is 6.20 Å². The second-order valence-electron chi connectivity index (χ2n) is 2.45. The van der Waals surface area contributed by atoms with Crippen LogP contribution < -0.4 is 0 Å². The number of rotatable bonds is 2. The van der Waals surface area contributed by atoms with Gasteiger partial charge in [0.15, 0.2) is 0 Å². The van der Waals surface area contributed by atoms with Gasteiger partial charge in [-0.1, -0.05) is 6.07 Å². The highest BCUT2D eigenvalue weighted by Crippen LogP contribution is 2.08. The Labute approximate surface area is 70.5 Å². The van der Waals surface area contributed by atoms with E-state index < -0.39 is 16.0 Å². The summed E-state index contributed by atoms with van der Waals surface area (Å²) in [6.45, 7) is 1.69. The second kappa shape index (κ2) is 3.18. The summed E-state index contributed by atoms with van der Waals surface area (Å²) in [6, 6.07) is 3.36. The number of nitrogens with zero attached hydrogens (tertiary/aromatic N) is 1. The van der Waals surface area contributed by atoms with Crippen LogP contribution in [0.25, 0.3) is 0 Å². The van der Waals surface area contributed by atoms with Crippen LogP contribution in [0.1, 0.15) is 11.3 Å².